The van der Waals surface area contributed by atoms with Gasteiger partial charge in [0.05, 0.1) is 0 Å². The van der Waals surface area contributed by atoms with E-state index in [1.807, 2.05) is 0 Å². The summed E-state index contributed by atoms with van der Waals surface area (Å²) >= 11 is 0. The molecule has 0 saturated heterocycles. The number of nitrogens with one attached hydrogen (secondary N) is 1. The molecule has 0 aliphatic rings. The van der Waals surface area contributed by atoms with Crippen molar-refractivity contribution < 1.29 is 9.90 Å². The Morgan fingerprint density at radius 1 is 1.64 bits per heavy atom. The summed E-state index contributed by atoms with van der Waals surface area (Å²) in [4.78, 5) is 10.4. The van der Waals surface area contributed by atoms with E-state index in [9.17, 15) is 4.79 Å². The van der Waals surface area contributed by atoms with Gasteiger partial charge in [-0.15, -0.1) is 0 Å². The van der Waals surface area contributed by atoms with Crippen LogP contribution in [0.4, 0.5) is 0 Å². The maximum atomic E-state index is 10.4. The number of hydrogen-bond donors (Lipinski definition) is 3. The third-order valence-corrected chi connectivity index (χ3v) is 1.59. The van der Waals surface area contributed by atoms with E-state index >= 15 is 0 Å². The second-order valence-corrected chi connectivity index (χ2v) is 2.46. The lowest BCUT2D eigenvalue weighted by Crippen LogP contribution is -2.33. The Balaban J connectivity index is 3.44. The van der Waals surface area contributed by atoms with E-state index in [1.54, 1.807) is 7.05 Å². The molecule has 0 fully saturated rings. The van der Waals surface area contributed by atoms with Gasteiger partial charge in [-0.25, -0.2) is 0 Å². The van der Waals surface area contributed by atoms with Crippen LogP contribution in [0.2, 0.25) is 0 Å². The number of carboxylic acids is 1. The Morgan fingerprint density at radius 2 is 2.27 bits per heavy atom. The van der Waals surface area contributed by atoms with Crippen molar-refractivity contribution in [2.24, 2.45) is 5.73 Å². The van der Waals surface area contributed by atoms with Crippen LogP contribution in [0.25, 0.3) is 0 Å². The lowest BCUT2D eigenvalue weighted by atomic mass is 10.1. The van der Waals surface area contributed by atoms with Crippen LogP contribution < -0.4 is 11.1 Å². The molecule has 0 aliphatic heterocycles. The van der Waals surface area contributed by atoms with E-state index in [0.717, 1.165) is 12.8 Å². The van der Waals surface area contributed by atoms with Gasteiger partial charge < -0.3 is 16.2 Å². The quantitative estimate of drug-likeness (QED) is 0.472. The van der Waals surface area contributed by atoms with E-state index in [2.05, 4.69) is 5.32 Å². The molecular formula is C7H16N2O2. The fourth-order valence-corrected chi connectivity index (χ4v) is 0.884. The predicted molar refractivity (Wildman–Crippen MR) is 43.4 cm³/mol. The standard InChI is InChI=1S/C7H16N2O2/c1-9-6(7(10)11)4-2-3-5-8/h6,9H,2-5,8H2,1H3,(H,10,11)/t6-/m0/s1/i1+2. The number of carboxylic acid groups (broad SMARTS) is 1. The lowest BCUT2D eigenvalue weighted by molar-refractivity contribution is -0.139. The summed E-state index contributed by atoms with van der Waals surface area (Å²) in [7, 11) is 1.65. The van der Waals surface area contributed by atoms with E-state index in [4.69, 9.17) is 10.8 Å². The molecule has 0 saturated carbocycles. The van der Waals surface area contributed by atoms with Gasteiger partial charge in [0, 0.05) is 0 Å². The van der Waals surface area contributed by atoms with Crippen LogP contribution in [0.3, 0.4) is 0 Å². The molecule has 0 aromatic rings. The highest BCUT2D eigenvalue weighted by Crippen LogP contribution is 1.99. The zero-order valence-electron chi connectivity index (χ0n) is 6.84. The molecule has 0 aromatic carbocycles. The Labute approximate surface area is 66.8 Å². The Hall–Kier alpha value is -0.610. The van der Waals surface area contributed by atoms with E-state index in [1.165, 1.54) is 0 Å². The highest BCUT2D eigenvalue weighted by Gasteiger charge is 2.12. The molecule has 0 spiro atoms. The maximum Gasteiger partial charge on any atom is 0.320 e. The van der Waals surface area contributed by atoms with Crippen LogP contribution >= 0.6 is 0 Å². The van der Waals surface area contributed by atoms with Gasteiger partial charge >= 0.3 is 5.97 Å². The first kappa shape index (κ1) is 10.4. The molecule has 0 aliphatic carbocycles. The number of aliphatic carboxylic acids is 1. The lowest BCUT2D eigenvalue weighted by Gasteiger charge is -2.09. The molecule has 4 heteroatoms. The third kappa shape index (κ3) is 4.75. The number of likely N-dealkylation sites (N-methyl/N-ethyl adjacent to an activating group) is 1. The van der Waals surface area contributed by atoms with E-state index in [-0.39, 0.29) is 0 Å². The van der Waals surface area contributed by atoms with Crippen molar-refractivity contribution in [3.8, 4) is 0 Å². The minimum absolute atomic E-state index is 0.415. The zero-order chi connectivity index (χ0) is 8.69. The average molecular weight is 162 g/mol. The van der Waals surface area contributed by atoms with Crippen LogP contribution in [0.1, 0.15) is 19.3 Å². The summed E-state index contributed by atoms with van der Waals surface area (Å²) in [6, 6.07) is -0.415. The second-order valence-electron chi connectivity index (χ2n) is 2.46. The van der Waals surface area contributed by atoms with Crippen LogP contribution in [0, 0.1) is 0 Å². The molecule has 4 N–H and O–H groups in total. The van der Waals surface area contributed by atoms with Crippen molar-refractivity contribution in [2.45, 2.75) is 25.3 Å². The molecule has 0 bridgehead atoms. The summed E-state index contributed by atoms with van der Waals surface area (Å²) in [6.45, 7) is 0.635. The van der Waals surface area contributed by atoms with Crippen LogP contribution in [0.15, 0.2) is 0 Å². The highest BCUT2D eigenvalue weighted by molar-refractivity contribution is 5.73. The summed E-state index contributed by atoms with van der Waals surface area (Å²) < 4.78 is 0. The predicted octanol–water partition coefficient (Wildman–Crippen LogP) is -0.212. The maximum absolute atomic E-state index is 10.4. The van der Waals surface area contributed by atoms with Gasteiger partial charge in [-0.05, 0) is 26.4 Å². The van der Waals surface area contributed by atoms with Crippen molar-refractivity contribution in [3.05, 3.63) is 0 Å². The molecule has 0 aromatic heterocycles. The van der Waals surface area contributed by atoms with Crippen molar-refractivity contribution in [2.75, 3.05) is 13.6 Å². The van der Waals surface area contributed by atoms with Crippen molar-refractivity contribution in [1.82, 2.24) is 5.32 Å². The molecule has 11 heavy (non-hydrogen) atoms. The normalized spacial score (nSPS) is 12.9. The number of rotatable bonds is 6. The van der Waals surface area contributed by atoms with Gasteiger partial charge in [0.2, 0.25) is 0 Å². The molecule has 66 valence electrons. The average Bonchev–Trinajstić information content (AvgIpc) is 1.97. The number of carbonyl (C=O) groups is 1. The molecule has 0 unspecified atom stereocenters. The molecule has 0 radical (unpaired) electrons. The number of nitrogens with two attached hydrogens (primary N) is 1. The number of hydrogen-bond acceptors (Lipinski definition) is 3. The minimum Gasteiger partial charge on any atom is -0.480 e. The van der Waals surface area contributed by atoms with Gasteiger partial charge in [-0.2, -0.15) is 0 Å². The third-order valence-electron chi connectivity index (χ3n) is 1.59. The van der Waals surface area contributed by atoms with Gasteiger partial charge in [-0.3, -0.25) is 4.79 Å². The SMILES string of the molecule is [14CH3]N[C@@H](CCCCN)C(=O)O. The van der Waals surface area contributed by atoms with Gasteiger partial charge in [0.15, 0.2) is 0 Å². The summed E-state index contributed by atoms with van der Waals surface area (Å²) in [5.41, 5.74) is 5.26. The summed E-state index contributed by atoms with van der Waals surface area (Å²) in [6.07, 6.45) is 2.42. The van der Waals surface area contributed by atoms with Gasteiger partial charge in [0.1, 0.15) is 6.04 Å². The fourth-order valence-electron chi connectivity index (χ4n) is 0.884. The molecule has 4 nitrogen and oxygen atoms in total. The first-order valence-electron chi connectivity index (χ1n) is 3.82. The zero-order valence-corrected chi connectivity index (χ0v) is 6.84. The van der Waals surface area contributed by atoms with Gasteiger partial charge in [-0.1, -0.05) is 6.42 Å². The minimum atomic E-state index is -0.787. The molecular weight excluding hydrogens is 146 g/mol. The van der Waals surface area contributed by atoms with Crippen LogP contribution in [-0.4, -0.2) is 30.7 Å². The Morgan fingerprint density at radius 3 is 2.64 bits per heavy atom. The monoisotopic (exact) mass is 162 g/mol. The molecule has 0 heterocycles. The van der Waals surface area contributed by atoms with E-state index < -0.39 is 12.0 Å². The highest BCUT2D eigenvalue weighted by atomic mass is 16.4. The van der Waals surface area contributed by atoms with Crippen molar-refractivity contribution in [3.63, 3.8) is 0 Å². The number of unbranched alkanes of at least 4 members (excludes halogenated alkanes) is 1. The van der Waals surface area contributed by atoms with Crippen molar-refractivity contribution >= 4 is 5.97 Å². The van der Waals surface area contributed by atoms with Crippen molar-refractivity contribution in [1.29, 1.82) is 0 Å². The van der Waals surface area contributed by atoms with Crippen LogP contribution in [0.5, 0.6) is 0 Å². The Kier molecular flexibility index (Phi) is 5.78. The van der Waals surface area contributed by atoms with Gasteiger partial charge in [0.25, 0.3) is 0 Å². The largest absolute Gasteiger partial charge is 0.480 e. The molecule has 0 rings (SSSR count). The molecule has 1 atom stereocenters. The summed E-state index contributed by atoms with van der Waals surface area (Å²) in [5.74, 6) is -0.787. The second kappa shape index (κ2) is 6.12. The first-order chi connectivity index (χ1) is 5.22. The van der Waals surface area contributed by atoms with Crippen LogP contribution in [-0.2, 0) is 4.79 Å². The smallest absolute Gasteiger partial charge is 0.320 e. The van der Waals surface area contributed by atoms with E-state index in [0.29, 0.717) is 13.0 Å². The Bertz CT molecular complexity index is 117. The fraction of sp³-hybridized carbons (Fsp3) is 0.857. The molecule has 0 amide bonds. The first-order valence-corrected chi connectivity index (χ1v) is 3.82. The summed E-state index contributed by atoms with van der Waals surface area (Å²) in [5, 5.41) is 11.3. The topological polar surface area (TPSA) is 75.3 Å².